The minimum absolute atomic E-state index is 0.129. The molecule has 0 aliphatic rings. The maximum atomic E-state index is 12.5. The molecule has 0 saturated heterocycles. The molecule has 8 heteroatoms. The third-order valence-corrected chi connectivity index (χ3v) is 5.89. The molecule has 0 fully saturated rings. The molecule has 0 aliphatic carbocycles. The van der Waals surface area contributed by atoms with Crippen LogP contribution in [0.1, 0.15) is 30.9 Å². The van der Waals surface area contributed by atoms with Crippen LogP contribution in [0.2, 0.25) is 0 Å². The summed E-state index contributed by atoms with van der Waals surface area (Å²) in [6.07, 6.45) is 1.87. The highest BCUT2D eigenvalue weighted by Gasteiger charge is 2.23. The summed E-state index contributed by atoms with van der Waals surface area (Å²) in [5.74, 6) is 0.621. The minimum Gasteiger partial charge on any atom is -0.478 e. The van der Waals surface area contributed by atoms with Crippen LogP contribution in [0.4, 0.5) is 5.69 Å². The van der Waals surface area contributed by atoms with E-state index in [0.717, 1.165) is 18.4 Å². The largest absolute Gasteiger partial charge is 0.478 e. The van der Waals surface area contributed by atoms with Crippen LogP contribution in [-0.2, 0) is 21.4 Å². The van der Waals surface area contributed by atoms with Gasteiger partial charge in [0.1, 0.15) is 17.3 Å². The summed E-state index contributed by atoms with van der Waals surface area (Å²) in [5.41, 5.74) is 1.86. The van der Waals surface area contributed by atoms with Gasteiger partial charge in [0.15, 0.2) is 10.8 Å². The second-order valence-corrected chi connectivity index (χ2v) is 9.05. The van der Waals surface area contributed by atoms with Crippen molar-refractivity contribution in [3.63, 3.8) is 0 Å². The van der Waals surface area contributed by atoms with Crippen molar-refractivity contribution < 1.29 is 17.9 Å². The van der Waals surface area contributed by atoms with Crippen molar-refractivity contribution in [3.05, 3.63) is 83.9 Å². The zero-order valence-electron chi connectivity index (χ0n) is 17.8. The van der Waals surface area contributed by atoms with E-state index in [-0.39, 0.29) is 22.3 Å². The summed E-state index contributed by atoms with van der Waals surface area (Å²) in [7, 11) is -4.11. The number of nitrogens with two attached hydrogens (primary N) is 1. The summed E-state index contributed by atoms with van der Waals surface area (Å²) in [6.45, 7) is 2.97. The number of nitrogens with one attached hydrogen (secondary N) is 1. The van der Waals surface area contributed by atoms with Crippen molar-refractivity contribution in [2.45, 2.75) is 31.3 Å². The molecule has 32 heavy (non-hydrogen) atoms. The van der Waals surface area contributed by atoms with E-state index in [0.29, 0.717) is 23.5 Å². The SMILES string of the molecule is CCCCNc1cc(C(=S)OCc2ccccc2)cc(S(N)(=O)=O)c1Oc1ccccc1. The molecule has 3 aromatic carbocycles. The molecule has 3 rings (SSSR count). The Hall–Kier alpha value is -2.94. The van der Waals surface area contributed by atoms with Crippen LogP contribution in [0.15, 0.2) is 77.7 Å². The summed E-state index contributed by atoms with van der Waals surface area (Å²) >= 11 is 5.44. The summed E-state index contributed by atoms with van der Waals surface area (Å²) in [4.78, 5) is -0.163. The van der Waals surface area contributed by atoms with Gasteiger partial charge in [-0.1, -0.05) is 61.9 Å². The summed E-state index contributed by atoms with van der Waals surface area (Å²) in [5, 5.41) is 8.98. The molecular formula is C24H26N2O4S2. The van der Waals surface area contributed by atoms with Crippen molar-refractivity contribution in [2.24, 2.45) is 5.14 Å². The minimum atomic E-state index is -4.11. The van der Waals surface area contributed by atoms with Crippen molar-refractivity contribution in [1.29, 1.82) is 0 Å². The fourth-order valence-corrected chi connectivity index (χ4v) is 3.86. The van der Waals surface area contributed by atoms with E-state index in [1.165, 1.54) is 6.07 Å². The Morgan fingerprint density at radius 1 is 1.03 bits per heavy atom. The second-order valence-electron chi connectivity index (χ2n) is 7.15. The number of rotatable bonds is 10. The van der Waals surface area contributed by atoms with Crippen LogP contribution in [0.25, 0.3) is 0 Å². The Bertz CT molecular complexity index is 1150. The van der Waals surface area contributed by atoms with E-state index >= 15 is 0 Å². The third kappa shape index (κ3) is 6.53. The predicted molar refractivity (Wildman–Crippen MR) is 131 cm³/mol. The van der Waals surface area contributed by atoms with Crippen LogP contribution in [0.5, 0.6) is 11.5 Å². The van der Waals surface area contributed by atoms with Gasteiger partial charge in [-0.15, -0.1) is 0 Å². The molecule has 3 aromatic rings. The normalized spacial score (nSPS) is 11.1. The number of thiocarbonyl (C=S) groups is 1. The molecule has 0 radical (unpaired) electrons. The molecule has 0 atom stereocenters. The van der Waals surface area contributed by atoms with Crippen LogP contribution in [0.3, 0.4) is 0 Å². The lowest BCUT2D eigenvalue weighted by atomic mass is 10.1. The van der Waals surface area contributed by atoms with Crippen molar-refractivity contribution >= 4 is 33.0 Å². The number of para-hydroxylation sites is 1. The Kier molecular flexibility index (Phi) is 8.21. The number of benzene rings is 3. The van der Waals surface area contributed by atoms with E-state index in [1.807, 2.05) is 36.4 Å². The maximum absolute atomic E-state index is 12.5. The third-order valence-electron chi connectivity index (χ3n) is 4.62. The molecule has 0 bridgehead atoms. The lowest BCUT2D eigenvalue weighted by Crippen LogP contribution is -2.16. The Morgan fingerprint density at radius 3 is 2.31 bits per heavy atom. The number of hydrogen-bond acceptors (Lipinski definition) is 6. The Balaban J connectivity index is 1.98. The second kappa shape index (κ2) is 11.1. The number of anilines is 1. The molecule has 0 aromatic heterocycles. The molecule has 0 heterocycles. The molecule has 0 amide bonds. The highest BCUT2D eigenvalue weighted by molar-refractivity contribution is 7.89. The maximum Gasteiger partial charge on any atom is 0.241 e. The first kappa shape index (κ1) is 23.7. The smallest absolute Gasteiger partial charge is 0.241 e. The zero-order chi connectivity index (χ0) is 23.0. The van der Waals surface area contributed by atoms with Gasteiger partial charge in [0.05, 0.1) is 5.69 Å². The number of hydrogen-bond donors (Lipinski definition) is 2. The van der Waals surface area contributed by atoms with Crippen molar-refractivity contribution in [1.82, 2.24) is 0 Å². The standard InChI is InChI=1S/C24H26N2O4S2/c1-2-3-14-26-21-15-19(24(31)29-17-18-10-6-4-7-11-18)16-22(32(25,27)28)23(21)30-20-12-8-5-9-13-20/h4-13,15-16,26H,2-3,14,17H2,1H3,(H2,25,27,28). The predicted octanol–water partition coefficient (Wildman–Crippen LogP) is 5.23. The van der Waals surface area contributed by atoms with Crippen molar-refractivity contribution in [3.8, 4) is 11.5 Å². The van der Waals surface area contributed by atoms with Gasteiger partial charge in [0, 0.05) is 12.1 Å². The van der Waals surface area contributed by atoms with E-state index in [4.69, 9.17) is 26.8 Å². The Morgan fingerprint density at radius 2 is 1.69 bits per heavy atom. The fraction of sp³-hybridized carbons (Fsp3) is 0.208. The van der Waals surface area contributed by atoms with Gasteiger partial charge in [-0.25, -0.2) is 13.6 Å². The molecule has 0 unspecified atom stereocenters. The van der Waals surface area contributed by atoms with Gasteiger partial charge >= 0.3 is 0 Å². The van der Waals surface area contributed by atoms with Gasteiger partial charge in [0.2, 0.25) is 10.0 Å². The van der Waals surface area contributed by atoms with E-state index in [1.54, 1.807) is 30.3 Å². The molecule has 0 saturated carbocycles. The summed E-state index contributed by atoms with van der Waals surface area (Å²) < 4.78 is 36.6. The van der Waals surface area contributed by atoms with Gasteiger partial charge in [-0.2, -0.15) is 0 Å². The van der Waals surface area contributed by atoms with Crippen LogP contribution >= 0.6 is 12.2 Å². The van der Waals surface area contributed by atoms with Gasteiger partial charge in [-0.3, -0.25) is 0 Å². The molecule has 3 N–H and O–H groups in total. The monoisotopic (exact) mass is 470 g/mol. The van der Waals surface area contributed by atoms with E-state index < -0.39 is 10.0 Å². The first-order valence-electron chi connectivity index (χ1n) is 10.3. The molecule has 6 nitrogen and oxygen atoms in total. The van der Waals surface area contributed by atoms with Crippen LogP contribution in [0, 0.1) is 0 Å². The lowest BCUT2D eigenvalue weighted by molar-refractivity contribution is 0.302. The number of primary sulfonamides is 1. The van der Waals surface area contributed by atoms with Crippen molar-refractivity contribution in [2.75, 3.05) is 11.9 Å². The highest BCUT2D eigenvalue weighted by atomic mass is 32.2. The number of ether oxygens (including phenoxy) is 2. The first-order chi connectivity index (χ1) is 15.4. The quantitative estimate of drug-likeness (QED) is 0.311. The van der Waals surface area contributed by atoms with Crippen LogP contribution in [-0.4, -0.2) is 20.0 Å². The molecular weight excluding hydrogens is 444 g/mol. The van der Waals surface area contributed by atoms with Gasteiger partial charge < -0.3 is 14.8 Å². The van der Waals surface area contributed by atoms with Crippen LogP contribution < -0.4 is 15.2 Å². The fourth-order valence-electron chi connectivity index (χ4n) is 2.98. The molecule has 168 valence electrons. The average Bonchev–Trinajstić information content (AvgIpc) is 2.79. The first-order valence-corrected chi connectivity index (χ1v) is 12.2. The summed E-state index contributed by atoms with van der Waals surface area (Å²) in [6, 6.07) is 21.6. The topological polar surface area (TPSA) is 90.6 Å². The van der Waals surface area contributed by atoms with Gasteiger partial charge in [0.25, 0.3) is 0 Å². The molecule has 0 spiro atoms. The van der Waals surface area contributed by atoms with Gasteiger partial charge in [-0.05, 0) is 48.5 Å². The van der Waals surface area contributed by atoms with E-state index in [9.17, 15) is 8.42 Å². The van der Waals surface area contributed by atoms with E-state index in [2.05, 4.69) is 12.2 Å². The molecule has 0 aliphatic heterocycles. The number of sulfonamides is 1. The zero-order valence-corrected chi connectivity index (χ0v) is 19.4. The highest BCUT2D eigenvalue weighted by Crippen LogP contribution is 2.37. The average molecular weight is 471 g/mol. The lowest BCUT2D eigenvalue weighted by Gasteiger charge is -2.18. The Labute approximate surface area is 194 Å². The number of unbranched alkanes of at least 4 members (excludes halogenated alkanes) is 1.